The SMILES string of the molecule is N[C@H](Cc1cccc(CCF)c1)C(=O)O. The van der Waals surface area contributed by atoms with E-state index in [1.54, 1.807) is 18.2 Å². The highest BCUT2D eigenvalue weighted by atomic mass is 19.1. The van der Waals surface area contributed by atoms with Crippen molar-refractivity contribution in [2.45, 2.75) is 18.9 Å². The van der Waals surface area contributed by atoms with Gasteiger partial charge in [-0.25, -0.2) is 0 Å². The number of carboxylic acids is 1. The van der Waals surface area contributed by atoms with Crippen molar-refractivity contribution in [2.75, 3.05) is 6.67 Å². The molecule has 0 fully saturated rings. The Balaban J connectivity index is 2.68. The maximum absolute atomic E-state index is 12.1. The Kier molecular flexibility index (Phi) is 4.24. The van der Waals surface area contributed by atoms with E-state index < -0.39 is 18.7 Å². The van der Waals surface area contributed by atoms with E-state index in [0.29, 0.717) is 6.42 Å². The fourth-order valence-electron chi connectivity index (χ4n) is 1.36. The molecule has 1 aromatic rings. The molecule has 1 rings (SSSR count). The summed E-state index contributed by atoms with van der Waals surface area (Å²) in [5.74, 6) is -1.02. The molecular weight excluding hydrogens is 197 g/mol. The minimum Gasteiger partial charge on any atom is -0.480 e. The Morgan fingerprint density at radius 2 is 2.13 bits per heavy atom. The van der Waals surface area contributed by atoms with Gasteiger partial charge >= 0.3 is 5.97 Å². The van der Waals surface area contributed by atoms with Crippen LogP contribution in [0.3, 0.4) is 0 Å². The van der Waals surface area contributed by atoms with Gasteiger partial charge < -0.3 is 10.8 Å². The minimum absolute atomic E-state index is 0.273. The molecular formula is C11H14FNO2. The summed E-state index contributed by atoms with van der Waals surface area (Å²) < 4.78 is 12.1. The molecule has 1 aromatic carbocycles. The summed E-state index contributed by atoms with van der Waals surface area (Å²) in [6, 6.07) is 6.29. The fraction of sp³-hybridized carbons (Fsp3) is 0.364. The third-order valence-corrected chi connectivity index (χ3v) is 2.15. The highest BCUT2D eigenvalue weighted by molar-refractivity contribution is 5.73. The number of nitrogens with two attached hydrogens (primary N) is 1. The monoisotopic (exact) mass is 211 g/mol. The van der Waals surface area contributed by atoms with Gasteiger partial charge in [-0.05, 0) is 17.5 Å². The third-order valence-electron chi connectivity index (χ3n) is 2.15. The lowest BCUT2D eigenvalue weighted by molar-refractivity contribution is -0.138. The van der Waals surface area contributed by atoms with Crippen LogP contribution in [0.1, 0.15) is 11.1 Å². The largest absolute Gasteiger partial charge is 0.480 e. The zero-order valence-corrected chi connectivity index (χ0v) is 8.32. The number of benzene rings is 1. The molecule has 0 saturated carbocycles. The molecule has 1 atom stereocenters. The molecule has 0 amide bonds. The van der Waals surface area contributed by atoms with E-state index in [-0.39, 0.29) is 6.42 Å². The predicted molar refractivity (Wildman–Crippen MR) is 55.4 cm³/mol. The number of hydrogen-bond donors (Lipinski definition) is 2. The van der Waals surface area contributed by atoms with Gasteiger partial charge in [-0.1, -0.05) is 24.3 Å². The van der Waals surface area contributed by atoms with E-state index in [0.717, 1.165) is 11.1 Å². The molecule has 0 aliphatic rings. The van der Waals surface area contributed by atoms with E-state index >= 15 is 0 Å². The average Bonchev–Trinajstić information content (AvgIpc) is 2.18. The highest BCUT2D eigenvalue weighted by Gasteiger charge is 2.11. The van der Waals surface area contributed by atoms with E-state index in [2.05, 4.69) is 0 Å². The van der Waals surface area contributed by atoms with Crippen molar-refractivity contribution in [3.05, 3.63) is 35.4 Å². The van der Waals surface area contributed by atoms with Crippen LogP contribution < -0.4 is 5.73 Å². The topological polar surface area (TPSA) is 63.3 Å². The molecule has 0 aliphatic carbocycles. The zero-order chi connectivity index (χ0) is 11.3. The molecule has 3 N–H and O–H groups in total. The molecule has 0 aliphatic heterocycles. The Labute approximate surface area is 87.7 Å². The summed E-state index contributed by atoms with van der Waals surface area (Å²) >= 11 is 0. The van der Waals surface area contributed by atoms with Crippen LogP contribution in [0.5, 0.6) is 0 Å². The number of carboxylic acid groups (broad SMARTS) is 1. The third kappa shape index (κ3) is 3.67. The molecule has 0 heterocycles. The molecule has 15 heavy (non-hydrogen) atoms. The summed E-state index contributed by atoms with van der Waals surface area (Å²) in [5.41, 5.74) is 7.10. The van der Waals surface area contributed by atoms with Crippen molar-refractivity contribution in [2.24, 2.45) is 5.73 Å². The van der Waals surface area contributed by atoms with Gasteiger partial charge in [0.25, 0.3) is 0 Å². The molecule has 0 unspecified atom stereocenters. The molecule has 0 bridgehead atoms. The quantitative estimate of drug-likeness (QED) is 0.768. The maximum Gasteiger partial charge on any atom is 0.320 e. The van der Waals surface area contributed by atoms with Crippen molar-refractivity contribution in [1.82, 2.24) is 0 Å². The van der Waals surface area contributed by atoms with Crippen molar-refractivity contribution >= 4 is 5.97 Å². The summed E-state index contributed by atoms with van der Waals surface area (Å²) in [7, 11) is 0. The van der Waals surface area contributed by atoms with Crippen LogP contribution in [-0.2, 0) is 17.6 Å². The molecule has 0 spiro atoms. The summed E-state index contributed by atoms with van der Waals surface area (Å²) in [6.45, 7) is -0.408. The number of carbonyl (C=O) groups is 1. The standard InChI is InChI=1S/C11H14FNO2/c12-5-4-8-2-1-3-9(6-8)7-10(13)11(14)15/h1-3,6,10H,4-5,7,13H2,(H,14,15)/t10-/m1/s1. The smallest absolute Gasteiger partial charge is 0.320 e. The molecule has 4 heteroatoms. The maximum atomic E-state index is 12.1. The Hall–Kier alpha value is -1.42. The summed E-state index contributed by atoms with van der Waals surface area (Å²) in [4.78, 5) is 10.5. The van der Waals surface area contributed by atoms with Crippen molar-refractivity contribution in [3.8, 4) is 0 Å². The van der Waals surface area contributed by atoms with Gasteiger partial charge in [0.15, 0.2) is 0 Å². The number of aliphatic carboxylic acids is 1. The molecule has 0 aromatic heterocycles. The van der Waals surface area contributed by atoms with Crippen LogP contribution in [0, 0.1) is 0 Å². The Morgan fingerprint density at radius 3 is 2.73 bits per heavy atom. The van der Waals surface area contributed by atoms with Crippen molar-refractivity contribution in [1.29, 1.82) is 0 Å². The van der Waals surface area contributed by atoms with Crippen molar-refractivity contribution in [3.63, 3.8) is 0 Å². The number of alkyl halides is 1. The van der Waals surface area contributed by atoms with Crippen LogP contribution in [0.2, 0.25) is 0 Å². The first-order valence-corrected chi connectivity index (χ1v) is 4.75. The second-order valence-corrected chi connectivity index (χ2v) is 3.41. The zero-order valence-electron chi connectivity index (χ0n) is 8.32. The first-order chi connectivity index (χ1) is 7.13. The van der Waals surface area contributed by atoms with Crippen LogP contribution in [-0.4, -0.2) is 23.8 Å². The highest BCUT2D eigenvalue weighted by Crippen LogP contribution is 2.08. The van der Waals surface area contributed by atoms with Gasteiger partial charge in [-0.3, -0.25) is 9.18 Å². The van der Waals surface area contributed by atoms with Crippen LogP contribution in [0.4, 0.5) is 4.39 Å². The predicted octanol–water partition coefficient (Wildman–Crippen LogP) is 1.15. The number of hydrogen-bond acceptors (Lipinski definition) is 2. The van der Waals surface area contributed by atoms with E-state index in [1.165, 1.54) is 0 Å². The lowest BCUT2D eigenvalue weighted by Gasteiger charge is -2.07. The van der Waals surface area contributed by atoms with Gasteiger partial charge in [0.2, 0.25) is 0 Å². The van der Waals surface area contributed by atoms with E-state index in [4.69, 9.17) is 10.8 Å². The fourth-order valence-corrected chi connectivity index (χ4v) is 1.36. The average molecular weight is 211 g/mol. The van der Waals surface area contributed by atoms with Gasteiger partial charge in [0.1, 0.15) is 6.04 Å². The first kappa shape index (κ1) is 11.7. The van der Waals surface area contributed by atoms with Crippen LogP contribution >= 0.6 is 0 Å². The molecule has 3 nitrogen and oxygen atoms in total. The first-order valence-electron chi connectivity index (χ1n) is 4.75. The van der Waals surface area contributed by atoms with Gasteiger partial charge in [0, 0.05) is 6.42 Å². The number of aryl methyl sites for hydroxylation is 1. The Morgan fingerprint density at radius 1 is 1.47 bits per heavy atom. The van der Waals surface area contributed by atoms with Gasteiger partial charge in [-0.2, -0.15) is 0 Å². The second kappa shape index (κ2) is 5.46. The van der Waals surface area contributed by atoms with Crippen LogP contribution in [0.25, 0.3) is 0 Å². The molecule has 0 saturated heterocycles. The lowest BCUT2D eigenvalue weighted by atomic mass is 10.0. The molecule has 0 radical (unpaired) electrons. The number of halogens is 1. The van der Waals surface area contributed by atoms with Crippen molar-refractivity contribution < 1.29 is 14.3 Å². The minimum atomic E-state index is -1.02. The number of rotatable bonds is 5. The normalized spacial score (nSPS) is 12.4. The summed E-state index contributed by atoms with van der Waals surface area (Å²) in [5, 5.41) is 8.63. The van der Waals surface area contributed by atoms with E-state index in [9.17, 15) is 9.18 Å². The Bertz CT molecular complexity index is 341. The summed E-state index contributed by atoms with van der Waals surface area (Å²) in [6.07, 6.45) is 0.631. The van der Waals surface area contributed by atoms with Crippen LogP contribution in [0.15, 0.2) is 24.3 Å². The van der Waals surface area contributed by atoms with Gasteiger partial charge in [0.05, 0.1) is 6.67 Å². The molecule has 82 valence electrons. The lowest BCUT2D eigenvalue weighted by Crippen LogP contribution is -2.32. The van der Waals surface area contributed by atoms with Gasteiger partial charge in [-0.15, -0.1) is 0 Å². The second-order valence-electron chi connectivity index (χ2n) is 3.41. The van der Waals surface area contributed by atoms with E-state index in [1.807, 2.05) is 6.07 Å².